The van der Waals surface area contributed by atoms with Crippen LogP contribution in [0.15, 0.2) is 6.20 Å². The van der Waals surface area contributed by atoms with Crippen LogP contribution in [-0.2, 0) is 6.61 Å². The standard InChI is InChI=1S/C18H27N7O/c1-12-17(19)13(2)21-18(20-12)26-11-15-10-25(23-22-15)16-5-7-24(8-6-16)9-14-3-4-14/h10,14,16H,3-9,11,19H2,1-2H3. The summed E-state index contributed by atoms with van der Waals surface area (Å²) in [5.41, 5.74) is 8.74. The summed E-state index contributed by atoms with van der Waals surface area (Å²) in [7, 11) is 0. The molecule has 0 radical (unpaired) electrons. The van der Waals surface area contributed by atoms with Gasteiger partial charge in [-0.25, -0.2) is 4.68 Å². The van der Waals surface area contributed by atoms with Crippen molar-refractivity contribution in [2.24, 2.45) is 5.92 Å². The molecule has 0 aromatic carbocycles. The SMILES string of the molecule is Cc1nc(OCc2cn(C3CCN(CC4CC4)CC3)nn2)nc(C)c1N. The number of piperidine rings is 1. The van der Waals surface area contributed by atoms with Crippen molar-refractivity contribution in [1.29, 1.82) is 0 Å². The summed E-state index contributed by atoms with van der Waals surface area (Å²) in [5.74, 6) is 0.963. The van der Waals surface area contributed by atoms with E-state index >= 15 is 0 Å². The first-order valence-corrected chi connectivity index (χ1v) is 9.45. The molecule has 1 saturated carbocycles. The second-order valence-electron chi connectivity index (χ2n) is 7.54. The van der Waals surface area contributed by atoms with E-state index in [9.17, 15) is 0 Å². The molecule has 140 valence electrons. The van der Waals surface area contributed by atoms with Gasteiger partial charge in [-0.2, -0.15) is 9.97 Å². The Labute approximate surface area is 153 Å². The van der Waals surface area contributed by atoms with E-state index in [1.807, 2.05) is 24.7 Å². The van der Waals surface area contributed by atoms with Crippen molar-refractivity contribution in [3.63, 3.8) is 0 Å². The van der Waals surface area contributed by atoms with Crippen molar-refractivity contribution in [2.45, 2.75) is 52.2 Å². The van der Waals surface area contributed by atoms with E-state index in [2.05, 4.69) is 25.2 Å². The molecule has 2 aromatic rings. The summed E-state index contributed by atoms with van der Waals surface area (Å²) in [6.45, 7) is 7.60. The predicted molar refractivity (Wildman–Crippen MR) is 97.7 cm³/mol. The van der Waals surface area contributed by atoms with Gasteiger partial charge in [0.25, 0.3) is 0 Å². The van der Waals surface area contributed by atoms with E-state index in [0.29, 0.717) is 24.3 Å². The van der Waals surface area contributed by atoms with Crippen LogP contribution in [0.5, 0.6) is 6.01 Å². The molecule has 0 atom stereocenters. The summed E-state index contributed by atoms with van der Waals surface area (Å²) in [6, 6.07) is 0.765. The highest BCUT2D eigenvalue weighted by molar-refractivity contribution is 5.46. The number of nitrogens with zero attached hydrogens (tertiary/aromatic N) is 6. The summed E-state index contributed by atoms with van der Waals surface area (Å²) >= 11 is 0. The van der Waals surface area contributed by atoms with E-state index in [1.165, 1.54) is 19.4 Å². The fraction of sp³-hybridized carbons (Fsp3) is 0.667. The molecule has 4 rings (SSSR count). The van der Waals surface area contributed by atoms with Gasteiger partial charge in [0.1, 0.15) is 12.3 Å². The topological polar surface area (TPSA) is 95.0 Å². The van der Waals surface area contributed by atoms with Crippen LogP contribution in [0.1, 0.15) is 48.8 Å². The first-order chi connectivity index (χ1) is 12.6. The molecule has 0 amide bonds. The van der Waals surface area contributed by atoms with E-state index in [4.69, 9.17) is 10.5 Å². The molecular formula is C18H27N7O. The number of rotatable bonds is 6. The van der Waals surface area contributed by atoms with Gasteiger partial charge in [0.15, 0.2) is 0 Å². The number of aryl methyl sites for hydroxylation is 2. The third kappa shape index (κ3) is 3.95. The number of anilines is 1. The lowest BCUT2D eigenvalue weighted by atomic mass is 10.1. The number of hydrogen-bond acceptors (Lipinski definition) is 7. The normalized spacial score (nSPS) is 19.0. The zero-order valence-electron chi connectivity index (χ0n) is 15.6. The number of hydrogen-bond donors (Lipinski definition) is 1. The molecule has 26 heavy (non-hydrogen) atoms. The van der Waals surface area contributed by atoms with Crippen LogP contribution < -0.4 is 10.5 Å². The highest BCUT2D eigenvalue weighted by Gasteiger charge is 2.27. The van der Waals surface area contributed by atoms with Crippen LogP contribution in [-0.4, -0.2) is 49.5 Å². The van der Waals surface area contributed by atoms with Crippen LogP contribution in [0, 0.1) is 19.8 Å². The van der Waals surface area contributed by atoms with E-state index in [0.717, 1.165) is 48.9 Å². The molecule has 0 unspecified atom stereocenters. The monoisotopic (exact) mass is 357 g/mol. The van der Waals surface area contributed by atoms with Crippen LogP contribution in [0.2, 0.25) is 0 Å². The Balaban J connectivity index is 1.30. The van der Waals surface area contributed by atoms with Crippen LogP contribution in [0.25, 0.3) is 0 Å². The van der Waals surface area contributed by atoms with Crippen molar-refractivity contribution < 1.29 is 4.74 Å². The van der Waals surface area contributed by atoms with Gasteiger partial charge in [-0.15, -0.1) is 5.10 Å². The van der Waals surface area contributed by atoms with Crippen molar-refractivity contribution in [1.82, 2.24) is 29.9 Å². The van der Waals surface area contributed by atoms with Gasteiger partial charge >= 0.3 is 6.01 Å². The van der Waals surface area contributed by atoms with Crippen LogP contribution in [0.4, 0.5) is 5.69 Å². The number of likely N-dealkylation sites (tertiary alicyclic amines) is 1. The largest absolute Gasteiger partial charge is 0.457 e. The minimum absolute atomic E-state index is 0.309. The molecule has 2 fully saturated rings. The summed E-state index contributed by atoms with van der Waals surface area (Å²) < 4.78 is 7.67. The average Bonchev–Trinajstić information content (AvgIpc) is 3.32. The van der Waals surface area contributed by atoms with Gasteiger partial charge < -0.3 is 15.4 Å². The minimum atomic E-state index is 0.309. The summed E-state index contributed by atoms with van der Waals surface area (Å²) in [5, 5.41) is 8.55. The summed E-state index contributed by atoms with van der Waals surface area (Å²) in [6.07, 6.45) is 7.09. The first kappa shape index (κ1) is 17.2. The van der Waals surface area contributed by atoms with Gasteiger partial charge in [0.2, 0.25) is 0 Å². The smallest absolute Gasteiger partial charge is 0.317 e. The molecule has 0 spiro atoms. The Morgan fingerprint density at radius 3 is 2.46 bits per heavy atom. The third-order valence-corrected chi connectivity index (χ3v) is 5.36. The van der Waals surface area contributed by atoms with Crippen molar-refractivity contribution >= 4 is 5.69 Å². The third-order valence-electron chi connectivity index (χ3n) is 5.36. The van der Waals surface area contributed by atoms with Crippen molar-refractivity contribution in [3.05, 3.63) is 23.3 Å². The molecule has 1 aliphatic heterocycles. The second kappa shape index (κ2) is 7.19. The number of ether oxygens (including phenoxy) is 1. The Hall–Kier alpha value is -2.22. The molecular weight excluding hydrogens is 330 g/mol. The van der Waals surface area contributed by atoms with Crippen molar-refractivity contribution in [3.8, 4) is 6.01 Å². The highest BCUT2D eigenvalue weighted by atomic mass is 16.5. The van der Waals surface area contributed by atoms with E-state index in [1.54, 1.807) is 0 Å². The first-order valence-electron chi connectivity index (χ1n) is 9.45. The van der Waals surface area contributed by atoms with Crippen molar-refractivity contribution in [2.75, 3.05) is 25.4 Å². The second-order valence-corrected chi connectivity index (χ2v) is 7.54. The molecule has 0 bridgehead atoms. The van der Waals surface area contributed by atoms with E-state index in [-0.39, 0.29) is 0 Å². The number of nitrogen functional groups attached to an aromatic ring is 1. The Kier molecular flexibility index (Phi) is 4.76. The number of nitrogens with two attached hydrogens (primary N) is 1. The lowest BCUT2D eigenvalue weighted by molar-refractivity contribution is 0.173. The molecule has 2 aliphatic rings. The summed E-state index contributed by atoms with van der Waals surface area (Å²) in [4.78, 5) is 11.1. The van der Waals surface area contributed by atoms with Gasteiger partial charge in [-0.05, 0) is 45.4 Å². The molecule has 3 heterocycles. The predicted octanol–water partition coefficient (Wildman–Crippen LogP) is 1.89. The Morgan fingerprint density at radius 1 is 1.12 bits per heavy atom. The minimum Gasteiger partial charge on any atom is -0.457 e. The average molecular weight is 357 g/mol. The maximum atomic E-state index is 5.87. The Morgan fingerprint density at radius 2 is 1.81 bits per heavy atom. The quantitative estimate of drug-likeness (QED) is 0.843. The maximum absolute atomic E-state index is 5.87. The molecule has 1 aliphatic carbocycles. The van der Waals surface area contributed by atoms with Gasteiger partial charge in [0, 0.05) is 19.6 Å². The molecule has 2 aromatic heterocycles. The lowest BCUT2D eigenvalue weighted by Crippen LogP contribution is -2.36. The van der Waals surface area contributed by atoms with E-state index < -0.39 is 0 Å². The molecule has 8 nitrogen and oxygen atoms in total. The maximum Gasteiger partial charge on any atom is 0.317 e. The lowest BCUT2D eigenvalue weighted by Gasteiger charge is -2.31. The molecule has 1 saturated heterocycles. The van der Waals surface area contributed by atoms with Crippen LogP contribution >= 0.6 is 0 Å². The Bertz CT molecular complexity index is 740. The zero-order chi connectivity index (χ0) is 18.1. The zero-order valence-corrected chi connectivity index (χ0v) is 15.6. The van der Waals surface area contributed by atoms with Gasteiger partial charge in [0.05, 0.1) is 29.3 Å². The van der Waals surface area contributed by atoms with Gasteiger partial charge in [-0.1, -0.05) is 5.21 Å². The highest BCUT2D eigenvalue weighted by Crippen LogP contribution is 2.31. The van der Waals surface area contributed by atoms with Gasteiger partial charge in [-0.3, -0.25) is 0 Å². The van der Waals surface area contributed by atoms with Crippen LogP contribution in [0.3, 0.4) is 0 Å². The fourth-order valence-electron chi connectivity index (χ4n) is 3.49. The number of aromatic nitrogens is 5. The molecule has 8 heteroatoms. The fourth-order valence-corrected chi connectivity index (χ4v) is 3.49. The molecule has 2 N–H and O–H groups in total.